The zero-order chi connectivity index (χ0) is 14.8. The topological polar surface area (TPSA) is 46.2 Å². The number of hydrogen-bond donors (Lipinski definition) is 1. The van der Waals surface area contributed by atoms with E-state index in [2.05, 4.69) is 12.2 Å². The molecule has 1 aromatic carbocycles. The minimum absolute atomic E-state index is 0.392. The molecule has 0 bridgehead atoms. The van der Waals surface area contributed by atoms with E-state index in [-0.39, 0.29) is 0 Å². The second-order valence-electron chi connectivity index (χ2n) is 6.26. The van der Waals surface area contributed by atoms with E-state index in [0.29, 0.717) is 10.8 Å². The molecule has 0 spiro atoms. The molecule has 1 N–H and O–H groups in total. The maximum atomic E-state index is 11.6. The maximum absolute atomic E-state index is 11.6. The Morgan fingerprint density at radius 3 is 2.45 bits per heavy atom. The molecule has 0 heterocycles. The van der Waals surface area contributed by atoms with E-state index in [1.54, 1.807) is 12.1 Å². The van der Waals surface area contributed by atoms with E-state index in [1.165, 1.54) is 31.9 Å². The van der Waals surface area contributed by atoms with Crippen LogP contribution in [-0.4, -0.2) is 21.2 Å². The second-order valence-corrected chi connectivity index (χ2v) is 8.27. The number of hydrogen-bond acceptors (Lipinski definition) is 3. The van der Waals surface area contributed by atoms with Gasteiger partial charge in [-0.1, -0.05) is 25.8 Å². The Labute approximate surface area is 122 Å². The maximum Gasteiger partial charge on any atom is 0.175 e. The fourth-order valence-electron chi connectivity index (χ4n) is 2.81. The lowest BCUT2D eigenvalue weighted by Gasteiger charge is -2.26. The molecule has 0 radical (unpaired) electrons. The average Bonchev–Trinajstić information content (AvgIpc) is 2.38. The Hall–Kier alpha value is -1.03. The molecule has 4 heteroatoms. The Morgan fingerprint density at radius 1 is 1.20 bits per heavy atom. The normalized spacial score (nSPS) is 23.6. The molecule has 20 heavy (non-hydrogen) atoms. The van der Waals surface area contributed by atoms with Gasteiger partial charge in [-0.2, -0.15) is 0 Å². The van der Waals surface area contributed by atoms with Gasteiger partial charge in [0.15, 0.2) is 9.84 Å². The van der Waals surface area contributed by atoms with Crippen LogP contribution >= 0.6 is 0 Å². The number of nitrogens with one attached hydrogen (secondary N) is 1. The number of anilines is 1. The smallest absolute Gasteiger partial charge is 0.175 e. The molecule has 0 amide bonds. The SMILES string of the molecule is Cc1ccc(S(C)(=O)=O)cc1NCC1CCC(C)CC1. The molecule has 1 saturated carbocycles. The first-order valence-corrected chi connectivity index (χ1v) is 9.30. The van der Waals surface area contributed by atoms with Gasteiger partial charge in [0.25, 0.3) is 0 Å². The van der Waals surface area contributed by atoms with Crippen LogP contribution in [0.1, 0.15) is 38.2 Å². The predicted molar refractivity (Wildman–Crippen MR) is 83.9 cm³/mol. The van der Waals surface area contributed by atoms with E-state index in [1.807, 2.05) is 13.0 Å². The molecule has 1 fully saturated rings. The van der Waals surface area contributed by atoms with Crippen LogP contribution in [0.4, 0.5) is 5.69 Å². The van der Waals surface area contributed by atoms with E-state index in [4.69, 9.17) is 0 Å². The minimum atomic E-state index is -3.13. The summed E-state index contributed by atoms with van der Waals surface area (Å²) in [6, 6.07) is 5.32. The fraction of sp³-hybridized carbons (Fsp3) is 0.625. The van der Waals surface area contributed by atoms with Crippen molar-refractivity contribution in [3.8, 4) is 0 Å². The Kier molecular flexibility index (Phi) is 4.74. The Morgan fingerprint density at radius 2 is 1.85 bits per heavy atom. The van der Waals surface area contributed by atoms with Gasteiger partial charge in [0.05, 0.1) is 4.90 Å². The summed E-state index contributed by atoms with van der Waals surface area (Å²) in [4.78, 5) is 0.392. The van der Waals surface area contributed by atoms with Crippen LogP contribution in [0.25, 0.3) is 0 Å². The highest BCUT2D eigenvalue weighted by molar-refractivity contribution is 7.90. The summed E-state index contributed by atoms with van der Waals surface area (Å²) in [5, 5.41) is 3.45. The van der Waals surface area contributed by atoms with Crippen LogP contribution in [0, 0.1) is 18.8 Å². The van der Waals surface area contributed by atoms with Crippen molar-refractivity contribution in [1.82, 2.24) is 0 Å². The summed E-state index contributed by atoms with van der Waals surface area (Å²) in [5.74, 6) is 1.58. The fourth-order valence-corrected chi connectivity index (χ4v) is 3.46. The molecule has 112 valence electrons. The molecule has 0 aromatic heterocycles. The summed E-state index contributed by atoms with van der Waals surface area (Å²) in [7, 11) is -3.13. The standard InChI is InChI=1S/C16H25NO2S/c1-12-4-7-14(8-5-12)11-17-16-10-15(20(3,18)19)9-6-13(16)2/h6,9-10,12,14,17H,4-5,7-8,11H2,1-3H3. The zero-order valence-electron chi connectivity index (χ0n) is 12.6. The zero-order valence-corrected chi connectivity index (χ0v) is 13.5. The molecule has 1 aliphatic rings. The molecule has 0 saturated heterocycles. The second kappa shape index (κ2) is 6.17. The van der Waals surface area contributed by atoms with E-state index >= 15 is 0 Å². The van der Waals surface area contributed by atoms with Crippen molar-refractivity contribution in [2.45, 2.75) is 44.4 Å². The molecule has 1 aliphatic carbocycles. The lowest BCUT2D eigenvalue weighted by atomic mass is 9.83. The third kappa shape index (κ3) is 3.98. The van der Waals surface area contributed by atoms with Crippen molar-refractivity contribution in [1.29, 1.82) is 0 Å². The largest absolute Gasteiger partial charge is 0.385 e. The lowest BCUT2D eigenvalue weighted by molar-refractivity contribution is 0.300. The summed E-state index contributed by atoms with van der Waals surface area (Å²) >= 11 is 0. The van der Waals surface area contributed by atoms with Crippen molar-refractivity contribution >= 4 is 15.5 Å². The number of rotatable bonds is 4. The van der Waals surface area contributed by atoms with Gasteiger partial charge in [0.2, 0.25) is 0 Å². The molecule has 1 aromatic rings. The van der Waals surface area contributed by atoms with E-state index in [9.17, 15) is 8.42 Å². The van der Waals surface area contributed by atoms with Gasteiger partial charge in [-0.15, -0.1) is 0 Å². The van der Waals surface area contributed by atoms with Crippen molar-refractivity contribution in [3.05, 3.63) is 23.8 Å². The van der Waals surface area contributed by atoms with Gasteiger partial charge in [-0.3, -0.25) is 0 Å². The Balaban J connectivity index is 2.02. The summed E-state index contributed by atoms with van der Waals surface area (Å²) in [5.41, 5.74) is 2.05. The van der Waals surface area contributed by atoms with Gasteiger partial charge >= 0.3 is 0 Å². The average molecular weight is 295 g/mol. The van der Waals surface area contributed by atoms with Gasteiger partial charge in [-0.25, -0.2) is 8.42 Å². The number of benzene rings is 1. The van der Waals surface area contributed by atoms with Crippen LogP contribution in [-0.2, 0) is 9.84 Å². The van der Waals surface area contributed by atoms with Crippen molar-refractivity contribution in [2.75, 3.05) is 18.1 Å². The van der Waals surface area contributed by atoms with Gasteiger partial charge in [0, 0.05) is 18.5 Å². The van der Waals surface area contributed by atoms with E-state index in [0.717, 1.165) is 23.7 Å². The number of aryl methyl sites for hydroxylation is 1. The van der Waals surface area contributed by atoms with Gasteiger partial charge < -0.3 is 5.32 Å². The van der Waals surface area contributed by atoms with Crippen LogP contribution in [0.15, 0.2) is 23.1 Å². The van der Waals surface area contributed by atoms with E-state index < -0.39 is 9.84 Å². The summed E-state index contributed by atoms with van der Waals surface area (Å²) in [6.45, 7) is 5.28. The highest BCUT2D eigenvalue weighted by Gasteiger charge is 2.18. The van der Waals surface area contributed by atoms with Crippen LogP contribution in [0.3, 0.4) is 0 Å². The first-order valence-electron chi connectivity index (χ1n) is 7.41. The first-order chi connectivity index (χ1) is 9.36. The predicted octanol–water partition coefficient (Wildman–Crippen LogP) is 3.64. The van der Waals surface area contributed by atoms with Crippen molar-refractivity contribution in [3.63, 3.8) is 0 Å². The molecular weight excluding hydrogens is 270 g/mol. The summed E-state index contributed by atoms with van der Waals surface area (Å²) in [6.07, 6.45) is 6.44. The highest BCUT2D eigenvalue weighted by Crippen LogP contribution is 2.29. The van der Waals surface area contributed by atoms with Crippen LogP contribution in [0.2, 0.25) is 0 Å². The highest BCUT2D eigenvalue weighted by atomic mass is 32.2. The molecular formula is C16H25NO2S. The monoisotopic (exact) mass is 295 g/mol. The molecule has 0 atom stereocenters. The van der Waals surface area contributed by atoms with Crippen molar-refractivity contribution in [2.24, 2.45) is 11.8 Å². The quantitative estimate of drug-likeness (QED) is 0.922. The molecule has 0 unspecified atom stereocenters. The molecule has 2 rings (SSSR count). The molecule has 0 aliphatic heterocycles. The number of sulfone groups is 1. The molecule has 3 nitrogen and oxygen atoms in total. The third-order valence-corrected chi connectivity index (χ3v) is 5.46. The third-order valence-electron chi connectivity index (χ3n) is 4.35. The first kappa shape index (κ1) is 15.4. The lowest BCUT2D eigenvalue weighted by Crippen LogP contribution is -2.20. The van der Waals surface area contributed by atoms with Crippen LogP contribution < -0.4 is 5.32 Å². The minimum Gasteiger partial charge on any atom is -0.385 e. The van der Waals surface area contributed by atoms with Gasteiger partial charge in [0.1, 0.15) is 0 Å². The van der Waals surface area contributed by atoms with Crippen molar-refractivity contribution < 1.29 is 8.42 Å². The Bertz CT molecular complexity index is 558. The summed E-state index contributed by atoms with van der Waals surface area (Å²) < 4.78 is 23.2. The van der Waals surface area contributed by atoms with Crippen LogP contribution in [0.5, 0.6) is 0 Å². The van der Waals surface area contributed by atoms with Gasteiger partial charge in [-0.05, 0) is 49.3 Å².